The summed E-state index contributed by atoms with van der Waals surface area (Å²) in [5.74, 6) is 1.34. The minimum absolute atomic E-state index is 0.414. The van der Waals surface area contributed by atoms with Crippen molar-refractivity contribution in [1.82, 2.24) is 0 Å². The van der Waals surface area contributed by atoms with E-state index in [0.717, 1.165) is 21.2 Å². The number of benzene rings is 3. The fourth-order valence-corrected chi connectivity index (χ4v) is 2.68. The molecule has 0 aliphatic heterocycles. The van der Waals surface area contributed by atoms with Crippen LogP contribution in [0.1, 0.15) is 16.7 Å². The Balaban J connectivity index is 1.60. The second-order valence-electron chi connectivity index (χ2n) is 5.82. The summed E-state index contributed by atoms with van der Waals surface area (Å²) < 4.78 is 12.3. The molecule has 4 nitrogen and oxygen atoms in total. The Morgan fingerprint density at radius 2 is 1.59 bits per heavy atom. The van der Waals surface area contributed by atoms with E-state index in [0.29, 0.717) is 24.7 Å². The van der Waals surface area contributed by atoms with Crippen molar-refractivity contribution in [2.45, 2.75) is 13.2 Å². The topological polar surface area (TPSA) is 40.0 Å². The Hall–Kier alpha value is -2.79. The first-order valence-electron chi connectivity index (χ1n) is 8.49. The Morgan fingerprint density at radius 1 is 0.852 bits per heavy atom. The number of oxime groups is 1. The van der Waals surface area contributed by atoms with E-state index in [4.69, 9.17) is 14.3 Å². The first-order valence-corrected chi connectivity index (χ1v) is 9.28. The van der Waals surface area contributed by atoms with E-state index in [9.17, 15) is 0 Å². The van der Waals surface area contributed by atoms with Gasteiger partial charge in [-0.1, -0.05) is 63.6 Å². The average Bonchev–Trinajstić information content (AvgIpc) is 2.72. The molecule has 0 saturated carbocycles. The number of ether oxygens (including phenoxy) is 2. The molecule has 0 aliphatic rings. The zero-order chi connectivity index (χ0) is 18.9. The molecule has 27 heavy (non-hydrogen) atoms. The molecule has 3 aromatic rings. The summed E-state index contributed by atoms with van der Waals surface area (Å²) >= 11 is 3.41. The number of halogens is 1. The maximum Gasteiger partial charge on any atom is 0.162 e. The van der Waals surface area contributed by atoms with Gasteiger partial charge in [0.2, 0.25) is 0 Å². The van der Waals surface area contributed by atoms with Gasteiger partial charge in [0.15, 0.2) is 11.5 Å². The van der Waals surface area contributed by atoms with E-state index in [1.54, 1.807) is 13.3 Å². The van der Waals surface area contributed by atoms with Gasteiger partial charge in [-0.2, -0.15) is 0 Å². The third-order valence-electron chi connectivity index (χ3n) is 3.85. The predicted molar refractivity (Wildman–Crippen MR) is 110 cm³/mol. The number of methoxy groups -OCH3 is 1. The highest BCUT2D eigenvalue weighted by atomic mass is 79.9. The van der Waals surface area contributed by atoms with Crippen molar-refractivity contribution in [2.75, 3.05) is 7.11 Å². The van der Waals surface area contributed by atoms with E-state index in [2.05, 4.69) is 21.1 Å². The zero-order valence-corrected chi connectivity index (χ0v) is 16.6. The van der Waals surface area contributed by atoms with Gasteiger partial charge in [-0.15, -0.1) is 0 Å². The minimum atomic E-state index is 0.414. The second kappa shape index (κ2) is 9.78. The van der Waals surface area contributed by atoms with Gasteiger partial charge in [-0.25, -0.2) is 0 Å². The molecular formula is C22H20BrNO3. The Morgan fingerprint density at radius 3 is 2.33 bits per heavy atom. The lowest BCUT2D eigenvalue weighted by Gasteiger charge is -2.11. The fourth-order valence-electron chi connectivity index (χ4n) is 2.41. The van der Waals surface area contributed by atoms with Crippen molar-refractivity contribution in [2.24, 2.45) is 5.16 Å². The molecule has 0 heterocycles. The maximum absolute atomic E-state index is 5.91. The van der Waals surface area contributed by atoms with Crippen LogP contribution in [0.15, 0.2) is 82.4 Å². The Kier molecular flexibility index (Phi) is 6.88. The largest absolute Gasteiger partial charge is 0.493 e. The normalized spacial score (nSPS) is 10.7. The highest BCUT2D eigenvalue weighted by Crippen LogP contribution is 2.28. The quantitative estimate of drug-likeness (QED) is 0.348. The molecule has 3 aromatic carbocycles. The summed E-state index contributed by atoms with van der Waals surface area (Å²) in [5, 5.41) is 4.04. The van der Waals surface area contributed by atoms with Gasteiger partial charge in [0.05, 0.1) is 13.3 Å². The lowest BCUT2D eigenvalue weighted by molar-refractivity contribution is 0.132. The number of rotatable bonds is 8. The second-order valence-corrected chi connectivity index (χ2v) is 6.73. The molecule has 0 spiro atoms. The lowest BCUT2D eigenvalue weighted by Crippen LogP contribution is -1.98. The standard InChI is InChI=1S/C22H20BrNO3/c1-25-21-12-9-19(13-22(21)26-15-17-5-3-2-4-6-17)14-24-27-16-18-7-10-20(23)11-8-18/h2-14H,15-16H2,1H3/b24-14-. The Labute approximate surface area is 167 Å². The first-order chi connectivity index (χ1) is 13.2. The summed E-state index contributed by atoms with van der Waals surface area (Å²) in [4.78, 5) is 5.37. The molecule has 138 valence electrons. The van der Waals surface area contributed by atoms with Crippen molar-refractivity contribution >= 4 is 22.1 Å². The van der Waals surface area contributed by atoms with Crippen LogP contribution < -0.4 is 9.47 Å². The van der Waals surface area contributed by atoms with E-state index in [1.165, 1.54) is 0 Å². The molecule has 0 saturated heterocycles. The number of hydrogen-bond acceptors (Lipinski definition) is 4. The van der Waals surface area contributed by atoms with Crippen LogP contribution in [0.25, 0.3) is 0 Å². The molecule has 0 bridgehead atoms. The van der Waals surface area contributed by atoms with Crippen LogP contribution in [0.4, 0.5) is 0 Å². The van der Waals surface area contributed by atoms with Crippen LogP contribution in [0.2, 0.25) is 0 Å². The molecule has 0 amide bonds. The van der Waals surface area contributed by atoms with Gasteiger partial charge in [0.1, 0.15) is 13.2 Å². The van der Waals surface area contributed by atoms with Crippen LogP contribution in [-0.4, -0.2) is 13.3 Å². The van der Waals surface area contributed by atoms with E-state index in [1.807, 2.05) is 72.8 Å². The Bertz CT molecular complexity index is 880. The first kappa shape index (κ1) is 19.0. The minimum Gasteiger partial charge on any atom is -0.493 e. The van der Waals surface area contributed by atoms with Gasteiger partial charge >= 0.3 is 0 Å². The van der Waals surface area contributed by atoms with E-state index >= 15 is 0 Å². The highest BCUT2D eigenvalue weighted by Gasteiger charge is 2.06. The predicted octanol–water partition coefficient (Wildman–Crippen LogP) is 5.59. The number of hydrogen-bond donors (Lipinski definition) is 0. The van der Waals surface area contributed by atoms with Crippen molar-refractivity contribution in [3.8, 4) is 11.5 Å². The van der Waals surface area contributed by atoms with Crippen LogP contribution in [0.5, 0.6) is 11.5 Å². The molecular weight excluding hydrogens is 406 g/mol. The summed E-state index contributed by atoms with van der Waals surface area (Å²) in [6.45, 7) is 0.884. The maximum atomic E-state index is 5.91. The molecule has 0 aliphatic carbocycles. The van der Waals surface area contributed by atoms with Crippen molar-refractivity contribution in [1.29, 1.82) is 0 Å². The van der Waals surface area contributed by atoms with Crippen LogP contribution in [-0.2, 0) is 18.1 Å². The third kappa shape index (κ3) is 5.86. The van der Waals surface area contributed by atoms with E-state index in [-0.39, 0.29) is 0 Å². The molecule has 5 heteroatoms. The smallest absolute Gasteiger partial charge is 0.162 e. The SMILES string of the molecule is COc1ccc(/C=N\OCc2ccc(Br)cc2)cc1OCc1ccccc1. The van der Waals surface area contributed by atoms with Gasteiger partial charge in [-0.05, 0) is 41.5 Å². The lowest BCUT2D eigenvalue weighted by atomic mass is 10.2. The molecule has 0 unspecified atom stereocenters. The zero-order valence-electron chi connectivity index (χ0n) is 15.0. The van der Waals surface area contributed by atoms with Crippen molar-refractivity contribution in [3.63, 3.8) is 0 Å². The van der Waals surface area contributed by atoms with Crippen molar-refractivity contribution < 1.29 is 14.3 Å². The number of nitrogens with zero attached hydrogens (tertiary/aromatic N) is 1. The molecule has 0 N–H and O–H groups in total. The highest BCUT2D eigenvalue weighted by molar-refractivity contribution is 9.10. The van der Waals surface area contributed by atoms with Gasteiger partial charge in [0, 0.05) is 10.0 Å². The van der Waals surface area contributed by atoms with Gasteiger partial charge < -0.3 is 14.3 Å². The molecule has 0 aromatic heterocycles. The summed E-state index contributed by atoms with van der Waals surface area (Å²) in [7, 11) is 1.62. The summed E-state index contributed by atoms with van der Waals surface area (Å²) in [6.07, 6.45) is 1.66. The van der Waals surface area contributed by atoms with Gasteiger partial charge in [0.25, 0.3) is 0 Å². The van der Waals surface area contributed by atoms with Gasteiger partial charge in [-0.3, -0.25) is 0 Å². The molecule has 0 radical (unpaired) electrons. The third-order valence-corrected chi connectivity index (χ3v) is 4.37. The van der Waals surface area contributed by atoms with E-state index < -0.39 is 0 Å². The van der Waals surface area contributed by atoms with Crippen LogP contribution in [0, 0.1) is 0 Å². The average molecular weight is 426 g/mol. The van der Waals surface area contributed by atoms with Crippen LogP contribution in [0.3, 0.4) is 0 Å². The fraction of sp³-hybridized carbons (Fsp3) is 0.136. The summed E-state index contributed by atoms with van der Waals surface area (Å²) in [6, 6.07) is 23.6. The monoisotopic (exact) mass is 425 g/mol. The summed E-state index contributed by atoms with van der Waals surface area (Å²) in [5.41, 5.74) is 3.02. The molecule has 3 rings (SSSR count). The van der Waals surface area contributed by atoms with Crippen LogP contribution >= 0.6 is 15.9 Å². The molecule has 0 atom stereocenters. The van der Waals surface area contributed by atoms with Crippen molar-refractivity contribution in [3.05, 3.63) is 94.0 Å². The molecule has 0 fully saturated rings.